The summed E-state index contributed by atoms with van der Waals surface area (Å²) in [5.74, 6) is 0.723. The van der Waals surface area contributed by atoms with Crippen LogP contribution in [-0.2, 0) is 20.0 Å². The molecule has 1 amide bonds. The van der Waals surface area contributed by atoms with Crippen molar-refractivity contribution in [1.29, 1.82) is 0 Å². The van der Waals surface area contributed by atoms with Crippen molar-refractivity contribution >= 4 is 21.8 Å². The van der Waals surface area contributed by atoms with Crippen LogP contribution in [0.25, 0.3) is 22.9 Å². The summed E-state index contributed by atoms with van der Waals surface area (Å²) in [5.41, 5.74) is 6.21. The summed E-state index contributed by atoms with van der Waals surface area (Å²) >= 11 is 3.51. The van der Waals surface area contributed by atoms with E-state index < -0.39 is 0 Å². The Labute approximate surface area is 246 Å². The minimum atomic E-state index is -0.198. The highest BCUT2D eigenvalue weighted by Crippen LogP contribution is 2.26. The third kappa shape index (κ3) is 4.82. The Hall–Kier alpha value is -4.31. The molecule has 0 saturated heterocycles. The molecule has 41 heavy (non-hydrogen) atoms. The lowest BCUT2D eigenvalue weighted by Gasteiger charge is -2.34. The second-order valence-corrected chi connectivity index (χ2v) is 11.6. The van der Waals surface area contributed by atoms with E-state index >= 15 is 0 Å². The van der Waals surface area contributed by atoms with Crippen molar-refractivity contribution in [3.8, 4) is 22.9 Å². The molecule has 0 saturated carbocycles. The third-order valence-electron chi connectivity index (χ3n) is 7.60. The fraction of sp³-hybridized carbons (Fsp3) is 0.258. The maximum absolute atomic E-state index is 14.2. The number of carbonyl (C=O) groups is 1. The van der Waals surface area contributed by atoms with E-state index in [1.165, 1.54) is 4.57 Å². The number of aromatic nitrogens is 6. The predicted octanol–water partition coefficient (Wildman–Crippen LogP) is 5.09. The molecular formula is C31H30BrN7O2. The SMILES string of the molecule is Cc1cc(C)n(-c2nc3c(c(=O)n2-c2ccc(-c4ccn(C)c4)cn2)C[C@@H](C)N(C(=O)c2ccc(Br)c(C)c2)C3)n1. The number of aryl methyl sites for hydroxylation is 4. The zero-order chi connectivity index (χ0) is 29.0. The summed E-state index contributed by atoms with van der Waals surface area (Å²) in [7, 11) is 1.97. The molecular weight excluding hydrogens is 582 g/mol. The van der Waals surface area contributed by atoms with Crippen LogP contribution in [0, 0.1) is 20.8 Å². The highest BCUT2D eigenvalue weighted by molar-refractivity contribution is 9.10. The number of hydrogen-bond donors (Lipinski definition) is 0. The molecule has 0 unspecified atom stereocenters. The maximum atomic E-state index is 14.2. The maximum Gasteiger partial charge on any atom is 0.264 e. The number of pyridine rings is 1. The molecule has 1 aliphatic rings. The molecule has 1 aromatic carbocycles. The smallest absolute Gasteiger partial charge is 0.264 e. The second kappa shape index (κ2) is 10.3. The normalized spacial score (nSPS) is 14.8. The summed E-state index contributed by atoms with van der Waals surface area (Å²) in [6.07, 6.45) is 6.16. The van der Waals surface area contributed by atoms with Gasteiger partial charge in [0.05, 0.1) is 17.9 Å². The highest BCUT2D eigenvalue weighted by Gasteiger charge is 2.32. The van der Waals surface area contributed by atoms with Crippen molar-refractivity contribution in [2.24, 2.45) is 7.05 Å². The molecule has 0 radical (unpaired) electrons. The fourth-order valence-electron chi connectivity index (χ4n) is 5.40. The summed E-state index contributed by atoms with van der Waals surface area (Å²) in [4.78, 5) is 39.2. The molecule has 1 atom stereocenters. The van der Waals surface area contributed by atoms with Gasteiger partial charge in [0.2, 0.25) is 5.95 Å². The van der Waals surface area contributed by atoms with Crippen LogP contribution >= 0.6 is 15.9 Å². The third-order valence-corrected chi connectivity index (χ3v) is 8.49. The van der Waals surface area contributed by atoms with Crippen molar-refractivity contribution in [1.82, 2.24) is 33.8 Å². The van der Waals surface area contributed by atoms with Crippen LogP contribution in [-0.4, -0.2) is 45.7 Å². The molecule has 208 valence electrons. The number of halogens is 1. The van der Waals surface area contributed by atoms with E-state index in [4.69, 9.17) is 4.98 Å². The first-order chi connectivity index (χ1) is 19.6. The average Bonchev–Trinajstić information content (AvgIpc) is 3.53. The Balaban J connectivity index is 1.46. The molecule has 5 heterocycles. The van der Waals surface area contributed by atoms with E-state index in [2.05, 4.69) is 26.0 Å². The summed E-state index contributed by atoms with van der Waals surface area (Å²) in [6.45, 7) is 7.99. The Morgan fingerprint density at radius 3 is 2.49 bits per heavy atom. The lowest BCUT2D eigenvalue weighted by atomic mass is 9.98. The average molecular weight is 613 g/mol. The first-order valence-electron chi connectivity index (χ1n) is 13.4. The molecule has 10 heteroatoms. The van der Waals surface area contributed by atoms with E-state index in [1.807, 2.05) is 94.2 Å². The Kier molecular flexibility index (Phi) is 6.73. The monoisotopic (exact) mass is 611 g/mol. The van der Waals surface area contributed by atoms with E-state index in [1.54, 1.807) is 15.8 Å². The van der Waals surface area contributed by atoms with Crippen LogP contribution < -0.4 is 5.56 Å². The van der Waals surface area contributed by atoms with Crippen molar-refractivity contribution in [3.63, 3.8) is 0 Å². The van der Waals surface area contributed by atoms with Crippen molar-refractivity contribution < 1.29 is 4.79 Å². The van der Waals surface area contributed by atoms with Crippen LogP contribution in [0.3, 0.4) is 0 Å². The largest absolute Gasteiger partial charge is 0.357 e. The van der Waals surface area contributed by atoms with E-state index in [9.17, 15) is 9.59 Å². The molecule has 6 rings (SSSR count). The molecule has 0 fully saturated rings. The molecule has 5 aromatic rings. The van der Waals surface area contributed by atoms with Crippen LogP contribution in [0.5, 0.6) is 0 Å². The number of benzene rings is 1. The van der Waals surface area contributed by atoms with Crippen LogP contribution in [0.15, 0.2) is 70.3 Å². The van der Waals surface area contributed by atoms with Crippen molar-refractivity contribution in [3.05, 3.63) is 110 Å². The molecule has 0 bridgehead atoms. The van der Waals surface area contributed by atoms with Gasteiger partial charge in [-0.15, -0.1) is 0 Å². The van der Waals surface area contributed by atoms with Gasteiger partial charge in [-0.1, -0.05) is 15.9 Å². The van der Waals surface area contributed by atoms with Crippen LogP contribution in [0.1, 0.15) is 45.5 Å². The van der Waals surface area contributed by atoms with Gasteiger partial charge >= 0.3 is 0 Å². The number of nitrogens with zero attached hydrogens (tertiary/aromatic N) is 7. The summed E-state index contributed by atoms with van der Waals surface area (Å²) < 4.78 is 6.14. The zero-order valence-electron chi connectivity index (χ0n) is 23.6. The van der Waals surface area contributed by atoms with Gasteiger partial charge in [-0.05, 0) is 82.1 Å². The molecule has 0 spiro atoms. The quantitative estimate of drug-likeness (QED) is 0.282. The molecule has 4 aromatic heterocycles. The summed E-state index contributed by atoms with van der Waals surface area (Å²) in [6, 6.07) is 13.2. The first kappa shape index (κ1) is 26.9. The van der Waals surface area contributed by atoms with E-state index in [0.29, 0.717) is 35.0 Å². The van der Waals surface area contributed by atoms with Gasteiger partial charge in [0, 0.05) is 64.1 Å². The number of carbonyl (C=O) groups excluding carboxylic acids is 1. The van der Waals surface area contributed by atoms with Crippen molar-refractivity contribution in [2.75, 3.05) is 0 Å². The Bertz CT molecular complexity index is 1870. The number of rotatable bonds is 4. The second-order valence-electron chi connectivity index (χ2n) is 10.7. The van der Waals surface area contributed by atoms with Gasteiger partial charge in [0.1, 0.15) is 5.82 Å². The van der Waals surface area contributed by atoms with Gasteiger partial charge in [0.25, 0.3) is 11.5 Å². The standard InChI is InChI=1S/C31H30BrN7O2/c1-18-12-22(6-8-26(18)32)29(40)37-17-27-25(14-20(37)3)30(41)38(31(34-27)39-21(4)13-19(2)35-39)28-9-7-23(15-33-28)24-10-11-36(5)16-24/h6-13,15-16,20H,14,17H2,1-5H3/t20-/m1/s1. The number of fused-ring (bicyclic) bond motifs is 1. The van der Waals surface area contributed by atoms with Gasteiger partial charge < -0.3 is 9.47 Å². The fourth-order valence-corrected chi connectivity index (χ4v) is 5.65. The van der Waals surface area contributed by atoms with Crippen LogP contribution in [0.4, 0.5) is 0 Å². The molecule has 1 aliphatic heterocycles. The lowest BCUT2D eigenvalue weighted by Crippen LogP contribution is -2.46. The predicted molar refractivity (Wildman–Crippen MR) is 161 cm³/mol. The van der Waals surface area contributed by atoms with Gasteiger partial charge in [-0.3, -0.25) is 9.59 Å². The van der Waals surface area contributed by atoms with Gasteiger partial charge in [-0.2, -0.15) is 5.10 Å². The Morgan fingerprint density at radius 1 is 1.05 bits per heavy atom. The minimum absolute atomic E-state index is 0.0874. The Morgan fingerprint density at radius 2 is 1.85 bits per heavy atom. The van der Waals surface area contributed by atoms with Gasteiger partial charge in [-0.25, -0.2) is 19.2 Å². The first-order valence-corrected chi connectivity index (χ1v) is 14.2. The molecule has 0 aliphatic carbocycles. The molecule has 0 N–H and O–H groups in total. The van der Waals surface area contributed by atoms with Crippen molar-refractivity contribution in [2.45, 2.75) is 46.7 Å². The van der Waals surface area contributed by atoms with Gasteiger partial charge in [0.15, 0.2) is 0 Å². The van der Waals surface area contributed by atoms with Crippen LogP contribution in [0.2, 0.25) is 0 Å². The molecule has 9 nitrogen and oxygen atoms in total. The van der Waals surface area contributed by atoms with E-state index in [-0.39, 0.29) is 24.1 Å². The lowest BCUT2D eigenvalue weighted by molar-refractivity contribution is 0.0652. The summed E-state index contributed by atoms with van der Waals surface area (Å²) in [5, 5.41) is 4.64. The minimum Gasteiger partial charge on any atom is -0.357 e. The highest BCUT2D eigenvalue weighted by atomic mass is 79.9. The number of amides is 1. The topological polar surface area (TPSA) is 90.8 Å². The zero-order valence-corrected chi connectivity index (χ0v) is 25.2. The number of hydrogen-bond acceptors (Lipinski definition) is 5. The van der Waals surface area contributed by atoms with E-state index in [0.717, 1.165) is 32.6 Å².